The summed E-state index contributed by atoms with van der Waals surface area (Å²) in [6, 6.07) is 8.93. The second kappa shape index (κ2) is 6.66. The maximum absolute atomic E-state index is 13.2. The highest BCUT2D eigenvalue weighted by molar-refractivity contribution is 6.01. The molecule has 0 aromatic heterocycles. The molecule has 3 aliphatic carbocycles. The van der Waals surface area contributed by atoms with Crippen LogP contribution in [0.25, 0.3) is 0 Å². The van der Waals surface area contributed by atoms with Gasteiger partial charge in [0.2, 0.25) is 5.78 Å². The van der Waals surface area contributed by atoms with Crippen molar-refractivity contribution >= 4 is 11.8 Å². The lowest BCUT2D eigenvalue weighted by molar-refractivity contribution is -0.154. The second-order valence-electron chi connectivity index (χ2n) is 11.2. The molecule has 6 rings (SSSR count). The topological polar surface area (TPSA) is 52.6 Å². The van der Waals surface area contributed by atoms with Gasteiger partial charge in [-0.1, -0.05) is 45.0 Å². The molecule has 2 saturated heterocycles. The number of rotatable bonds is 2. The van der Waals surface area contributed by atoms with Crippen molar-refractivity contribution < 1.29 is 19.1 Å². The van der Waals surface area contributed by atoms with Crippen LogP contribution in [0, 0.1) is 23.2 Å². The van der Waals surface area contributed by atoms with E-state index in [1.54, 1.807) is 12.1 Å². The van der Waals surface area contributed by atoms with Crippen LogP contribution in [0.2, 0.25) is 0 Å². The Labute approximate surface area is 190 Å². The van der Waals surface area contributed by atoms with Crippen molar-refractivity contribution in [2.75, 3.05) is 0 Å². The molecular formula is C28H32O4. The van der Waals surface area contributed by atoms with Crippen LogP contribution in [0.3, 0.4) is 0 Å². The molecule has 2 heterocycles. The van der Waals surface area contributed by atoms with Crippen LogP contribution in [0.5, 0.6) is 0 Å². The number of hydrogen-bond acceptors (Lipinski definition) is 4. The minimum absolute atomic E-state index is 0.0614. The third-order valence-electron chi connectivity index (χ3n) is 9.69. The summed E-state index contributed by atoms with van der Waals surface area (Å²) in [6.45, 7) is 6.81. The SMILES string of the molecule is CC1CC23CCC4(O2)C(=CCC2(C)C(C)CCC42)CC3=C(OC(=O)c2ccccc2)C1=O. The summed E-state index contributed by atoms with van der Waals surface area (Å²) in [4.78, 5) is 26.1. The molecule has 1 saturated carbocycles. The lowest BCUT2D eigenvalue weighted by atomic mass is 9.58. The Kier molecular flexibility index (Phi) is 4.25. The molecule has 1 aromatic carbocycles. The van der Waals surface area contributed by atoms with E-state index in [1.165, 1.54) is 18.4 Å². The Balaban J connectivity index is 1.43. The van der Waals surface area contributed by atoms with Gasteiger partial charge in [-0.3, -0.25) is 4.79 Å². The highest BCUT2D eigenvalue weighted by Gasteiger charge is 2.67. The van der Waals surface area contributed by atoms with Gasteiger partial charge in [0, 0.05) is 11.5 Å². The van der Waals surface area contributed by atoms with E-state index in [9.17, 15) is 9.59 Å². The van der Waals surface area contributed by atoms with Gasteiger partial charge in [0.15, 0.2) is 5.76 Å². The van der Waals surface area contributed by atoms with Crippen LogP contribution >= 0.6 is 0 Å². The number of benzene rings is 1. The third-order valence-corrected chi connectivity index (χ3v) is 9.69. The maximum atomic E-state index is 13.2. The molecule has 0 radical (unpaired) electrons. The summed E-state index contributed by atoms with van der Waals surface area (Å²) in [6.07, 6.45) is 9.27. The lowest BCUT2D eigenvalue weighted by Crippen LogP contribution is -2.55. The molecule has 1 aromatic rings. The Morgan fingerprint density at radius 1 is 1.12 bits per heavy atom. The van der Waals surface area contributed by atoms with Crippen LogP contribution in [-0.2, 0) is 14.3 Å². The average molecular weight is 433 g/mol. The number of ketones is 1. The summed E-state index contributed by atoms with van der Waals surface area (Å²) >= 11 is 0. The molecule has 32 heavy (non-hydrogen) atoms. The molecule has 6 unspecified atom stereocenters. The third kappa shape index (κ3) is 2.53. The highest BCUT2D eigenvalue weighted by Crippen LogP contribution is 2.69. The summed E-state index contributed by atoms with van der Waals surface area (Å²) in [5, 5.41) is 0. The largest absolute Gasteiger partial charge is 0.419 e. The van der Waals surface area contributed by atoms with Gasteiger partial charge in [0.05, 0.1) is 16.8 Å². The van der Waals surface area contributed by atoms with Gasteiger partial charge in [-0.05, 0) is 79.9 Å². The number of carbonyl (C=O) groups is 2. The molecule has 4 nitrogen and oxygen atoms in total. The van der Waals surface area contributed by atoms with E-state index >= 15 is 0 Å². The summed E-state index contributed by atoms with van der Waals surface area (Å²) < 4.78 is 13.0. The van der Waals surface area contributed by atoms with Crippen LogP contribution < -0.4 is 0 Å². The first-order valence-corrected chi connectivity index (χ1v) is 12.2. The molecule has 6 atom stereocenters. The first-order chi connectivity index (χ1) is 15.3. The van der Waals surface area contributed by atoms with E-state index in [4.69, 9.17) is 9.47 Å². The van der Waals surface area contributed by atoms with Gasteiger partial charge in [-0.15, -0.1) is 0 Å². The number of Topliss-reactive ketones (excluding diaryl/α,β-unsaturated/α-hetero) is 1. The van der Waals surface area contributed by atoms with Crippen molar-refractivity contribution in [1.29, 1.82) is 0 Å². The molecule has 168 valence electrons. The Morgan fingerprint density at radius 2 is 1.91 bits per heavy atom. The van der Waals surface area contributed by atoms with Gasteiger partial charge in [-0.25, -0.2) is 4.79 Å². The molecule has 0 N–H and O–H groups in total. The Morgan fingerprint density at radius 3 is 2.69 bits per heavy atom. The number of esters is 1. The van der Waals surface area contributed by atoms with Crippen molar-refractivity contribution in [3.8, 4) is 0 Å². The van der Waals surface area contributed by atoms with Gasteiger partial charge in [0.1, 0.15) is 0 Å². The van der Waals surface area contributed by atoms with Crippen molar-refractivity contribution in [2.24, 2.45) is 23.2 Å². The maximum Gasteiger partial charge on any atom is 0.343 e. The molecule has 5 aliphatic rings. The predicted molar refractivity (Wildman–Crippen MR) is 121 cm³/mol. The van der Waals surface area contributed by atoms with Crippen molar-refractivity contribution in [3.63, 3.8) is 0 Å². The molecule has 4 heteroatoms. The highest BCUT2D eigenvalue weighted by atomic mass is 16.6. The number of ether oxygens (including phenoxy) is 2. The quantitative estimate of drug-likeness (QED) is 0.439. The zero-order chi connectivity index (χ0) is 22.3. The monoisotopic (exact) mass is 432 g/mol. The zero-order valence-electron chi connectivity index (χ0n) is 19.3. The molecule has 2 aliphatic heterocycles. The van der Waals surface area contributed by atoms with Gasteiger partial charge < -0.3 is 9.47 Å². The fourth-order valence-corrected chi connectivity index (χ4v) is 7.72. The molecular weight excluding hydrogens is 400 g/mol. The minimum Gasteiger partial charge on any atom is -0.419 e. The number of hydrogen-bond donors (Lipinski definition) is 0. The van der Waals surface area contributed by atoms with Gasteiger partial charge in [-0.2, -0.15) is 0 Å². The Hall–Kier alpha value is -2.20. The summed E-state index contributed by atoms with van der Waals surface area (Å²) in [5.74, 6) is 0.752. The predicted octanol–water partition coefficient (Wildman–Crippen LogP) is 5.78. The minimum atomic E-state index is -0.471. The van der Waals surface area contributed by atoms with Crippen molar-refractivity contribution in [3.05, 3.63) is 58.9 Å². The average Bonchev–Trinajstić information content (AvgIpc) is 3.27. The zero-order valence-corrected chi connectivity index (χ0v) is 19.3. The molecule has 2 spiro atoms. The fraction of sp³-hybridized carbons (Fsp3) is 0.571. The van der Waals surface area contributed by atoms with Gasteiger partial charge in [0.25, 0.3) is 0 Å². The first kappa shape index (κ1) is 20.4. The van der Waals surface area contributed by atoms with E-state index in [0.29, 0.717) is 30.2 Å². The standard InChI is InChI=1S/C28H32O4/c1-17-16-27-13-14-28(32-27)20(11-12-26(3)18(2)9-10-22(26)28)15-21(27)24(23(17)29)31-25(30)19-7-5-4-6-8-19/h4-8,11,17-18,22H,9-10,12-16H2,1-3H3. The molecule has 2 bridgehead atoms. The van der Waals surface area contributed by atoms with E-state index in [0.717, 1.165) is 24.8 Å². The fourth-order valence-electron chi connectivity index (χ4n) is 7.72. The Bertz CT molecular complexity index is 1070. The van der Waals surface area contributed by atoms with Gasteiger partial charge >= 0.3 is 5.97 Å². The summed E-state index contributed by atoms with van der Waals surface area (Å²) in [7, 11) is 0. The van der Waals surface area contributed by atoms with Crippen LogP contribution in [0.15, 0.2) is 53.3 Å². The van der Waals surface area contributed by atoms with Crippen LogP contribution in [-0.4, -0.2) is 23.0 Å². The number of fused-ring (bicyclic) bond motifs is 1. The molecule has 3 fully saturated rings. The first-order valence-electron chi connectivity index (χ1n) is 12.2. The van der Waals surface area contributed by atoms with E-state index < -0.39 is 11.6 Å². The lowest BCUT2D eigenvalue weighted by Gasteiger charge is -2.55. The van der Waals surface area contributed by atoms with Crippen molar-refractivity contribution in [2.45, 2.75) is 76.9 Å². The van der Waals surface area contributed by atoms with Crippen LogP contribution in [0.4, 0.5) is 0 Å². The van der Waals surface area contributed by atoms with E-state index in [-0.39, 0.29) is 28.5 Å². The van der Waals surface area contributed by atoms with E-state index in [2.05, 4.69) is 19.9 Å². The van der Waals surface area contributed by atoms with Crippen molar-refractivity contribution in [1.82, 2.24) is 0 Å². The van der Waals surface area contributed by atoms with E-state index in [1.807, 2.05) is 25.1 Å². The second-order valence-corrected chi connectivity index (χ2v) is 11.2. The smallest absolute Gasteiger partial charge is 0.343 e. The number of carbonyl (C=O) groups excluding carboxylic acids is 2. The van der Waals surface area contributed by atoms with Crippen LogP contribution in [0.1, 0.15) is 76.1 Å². The molecule has 0 amide bonds. The summed E-state index contributed by atoms with van der Waals surface area (Å²) in [5.41, 5.74) is 2.32. The normalized spacial score (nSPS) is 42.2. The number of allylic oxidation sites excluding steroid dienone is 2.